The molecule has 1 spiro atoms. The molecule has 116 valence electrons. The third kappa shape index (κ3) is 3.98. The molecule has 1 aliphatic heterocycles. The first-order valence-corrected chi connectivity index (χ1v) is 9.32. The first kappa shape index (κ1) is 14.8. The minimum Gasteiger partial charge on any atom is -0.313 e. The van der Waals surface area contributed by atoms with Crippen molar-refractivity contribution in [3.05, 3.63) is 0 Å². The second-order valence-electron chi connectivity index (χ2n) is 7.69. The summed E-state index contributed by atoms with van der Waals surface area (Å²) in [6.07, 6.45) is 17.7. The molecule has 0 bridgehead atoms. The van der Waals surface area contributed by atoms with Crippen molar-refractivity contribution in [3.8, 4) is 0 Å². The van der Waals surface area contributed by atoms with Gasteiger partial charge in [0, 0.05) is 19.1 Å². The van der Waals surface area contributed by atoms with Gasteiger partial charge in [0.2, 0.25) is 0 Å². The maximum atomic E-state index is 3.85. The number of nitrogens with one attached hydrogen (secondary N) is 1. The van der Waals surface area contributed by atoms with Crippen molar-refractivity contribution in [2.75, 3.05) is 26.2 Å². The second kappa shape index (κ2) is 7.26. The predicted molar refractivity (Wildman–Crippen MR) is 86.1 cm³/mol. The Bertz CT molecular complexity index is 265. The standard InChI is InChI=1S/C18H34N2/c1-2-6-15-20(14-5-1)16-13-19-17-7-11-18(12-8-17)9-3-4-10-18/h17,19H,1-16H2. The summed E-state index contributed by atoms with van der Waals surface area (Å²) < 4.78 is 0. The molecule has 2 aliphatic carbocycles. The normalized spacial score (nSPS) is 28.8. The van der Waals surface area contributed by atoms with Gasteiger partial charge in [0.1, 0.15) is 0 Å². The molecule has 1 saturated heterocycles. The highest BCUT2D eigenvalue weighted by atomic mass is 15.1. The molecule has 2 saturated carbocycles. The van der Waals surface area contributed by atoms with Crippen LogP contribution in [0.5, 0.6) is 0 Å². The lowest BCUT2D eigenvalue weighted by Crippen LogP contribution is -2.41. The van der Waals surface area contributed by atoms with Crippen LogP contribution >= 0.6 is 0 Å². The van der Waals surface area contributed by atoms with E-state index in [1.807, 2.05) is 0 Å². The first-order chi connectivity index (χ1) is 9.86. The van der Waals surface area contributed by atoms with Crippen molar-refractivity contribution in [1.29, 1.82) is 0 Å². The Hall–Kier alpha value is -0.0800. The number of hydrogen-bond donors (Lipinski definition) is 1. The fourth-order valence-electron chi connectivity index (χ4n) is 4.85. The number of likely N-dealkylation sites (tertiary alicyclic amines) is 1. The molecule has 3 fully saturated rings. The molecule has 20 heavy (non-hydrogen) atoms. The summed E-state index contributed by atoms with van der Waals surface area (Å²) in [5.41, 5.74) is 0.795. The van der Waals surface area contributed by atoms with Crippen molar-refractivity contribution >= 4 is 0 Å². The van der Waals surface area contributed by atoms with E-state index in [9.17, 15) is 0 Å². The van der Waals surface area contributed by atoms with Gasteiger partial charge in [0.25, 0.3) is 0 Å². The van der Waals surface area contributed by atoms with E-state index in [0.29, 0.717) is 0 Å². The van der Waals surface area contributed by atoms with E-state index in [-0.39, 0.29) is 0 Å². The smallest absolute Gasteiger partial charge is 0.0107 e. The van der Waals surface area contributed by atoms with Crippen molar-refractivity contribution < 1.29 is 0 Å². The van der Waals surface area contributed by atoms with Crippen molar-refractivity contribution in [3.63, 3.8) is 0 Å². The van der Waals surface area contributed by atoms with E-state index in [4.69, 9.17) is 0 Å². The Kier molecular flexibility index (Phi) is 5.39. The third-order valence-corrected chi connectivity index (χ3v) is 6.27. The van der Waals surface area contributed by atoms with Crippen LogP contribution in [0.3, 0.4) is 0 Å². The largest absolute Gasteiger partial charge is 0.313 e. The summed E-state index contributed by atoms with van der Waals surface area (Å²) in [5.74, 6) is 0. The molecule has 0 amide bonds. The highest BCUT2D eigenvalue weighted by Gasteiger charge is 2.37. The summed E-state index contributed by atoms with van der Waals surface area (Å²) in [6.45, 7) is 5.18. The Balaban J connectivity index is 1.31. The molecule has 2 nitrogen and oxygen atoms in total. The Labute approximate surface area is 125 Å². The topological polar surface area (TPSA) is 15.3 Å². The fraction of sp³-hybridized carbons (Fsp3) is 1.00. The molecule has 2 heteroatoms. The lowest BCUT2D eigenvalue weighted by molar-refractivity contribution is 0.165. The molecule has 1 heterocycles. The van der Waals surface area contributed by atoms with Crippen LogP contribution in [0, 0.1) is 5.41 Å². The third-order valence-electron chi connectivity index (χ3n) is 6.27. The van der Waals surface area contributed by atoms with Gasteiger partial charge in [-0.05, 0) is 69.9 Å². The van der Waals surface area contributed by atoms with Gasteiger partial charge in [-0.15, -0.1) is 0 Å². The molecular formula is C18H34N2. The SMILES string of the molecule is C1CCCN(CCNC2CCC3(CCCC3)CC2)CC1. The number of hydrogen-bond acceptors (Lipinski definition) is 2. The maximum Gasteiger partial charge on any atom is 0.0107 e. The van der Waals surface area contributed by atoms with Crippen LogP contribution < -0.4 is 5.32 Å². The average molecular weight is 278 g/mol. The molecule has 0 aromatic rings. The molecule has 0 radical (unpaired) electrons. The maximum absolute atomic E-state index is 3.85. The van der Waals surface area contributed by atoms with Crippen LogP contribution in [-0.2, 0) is 0 Å². The zero-order valence-electron chi connectivity index (χ0n) is 13.3. The summed E-state index contributed by atoms with van der Waals surface area (Å²) in [4.78, 5) is 2.68. The Morgan fingerprint density at radius 1 is 0.800 bits per heavy atom. The first-order valence-electron chi connectivity index (χ1n) is 9.32. The lowest BCUT2D eigenvalue weighted by Gasteiger charge is -2.37. The number of nitrogens with zero attached hydrogens (tertiary/aromatic N) is 1. The Morgan fingerprint density at radius 2 is 1.45 bits per heavy atom. The fourth-order valence-corrected chi connectivity index (χ4v) is 4.85. The van der Waals surface area contributed by atoms with Crippen molar-refractivity contribution in [1.82, 2.24) is 10.2 Å². The summed E-state index contributed by atoms with van der Waals surface area (Å²) in [5, 5.41) is 3.85. The van der Waals surface area contributed by atoms with Crippen LogP contribution in [0.15, 0.2) is 0 Å². The van der Waals surface area contributed by atoms with E-state index < -0.39 is 0 Å². The molecule has 0 aromatic heterocycles. The highest BCUT2D eigenvalue weighted by Crippen LogP contribution is 2.48. The van der Waals surface area contributed by atoms with E-state index in [1.54, 1.807) is 0 Å². The second-order valence-corrected chi connectivity index (χ2v) is 7.69. The zero-order chi connectivity index (χ0) is 13.7. The Morgan fingerprint density at radius 3 is 2.10 bits per heavy atom. The van der Waals surface area contributed by atoms with Gasteiger partial charge < -0.3 is 10.2 Å². The van der Waals surface area contributed by atoms with Gasteiger partial charge >= 0.3 is 0 Å². The lowest BCUT2D eigenvalue weighted by atomic mass is 9.71. The molecule has 3 rings (SSSR count). The van der Waals surface area contributed by atoms with E-state index in [1.165, 1.54) is 103 Å². The van der Waals surface area contributed by atoms with Crippen LogP contribution in [0.25, 0.3) is 0 Å². The van der Waals surface area contributed by atoms with Gasteiger partial charge in [-0.1, -0.05) is 25.7 Å². The molecule has 0 atom stereocenters. The molecule has 0 aromatic carbocycles. The van der Waals surface area contributed by atoms with Gasteiger partial charge in [-0.3, -0.25) is 0 Å². The zero-order valence-corrected chi connectivity index (χ0v) is 13.3. The summed E-state index contributed by atoms with van der Waals surface area (Å²) >= 11 is 0. The monoisotopic (exact) mass is 278 g/mol. The van der Waals surface area contributed by atoms with Crippen molar-refractivity contribution in [2.24, 2.45) is 5.41 Å². The van der Waals surface area contributed by atoms with Gasteiger partial charge in [-0.2, -0.15) is 0 Å². The van der Waals surface area contributed by atoms with Crippen LogP contribution in [-0.4, -0.2) is 37.1 Å². The van der Waals surface area contributed by atoms with Crippen LogP contribution in [0.4, 0.5) is 0 Å². The van der Waals surface area contributed by atoms with Gasteiger partial charge in [0.15, 0.2) is 0 Å². The minimum absolute atomic E-state index is 0.795. The highest BCUT2D eigenvalue weighted by molar-refractivity contribution is 4.91. The van der Waals surface area contributed by atoms with Gasteiger partial charge in [-0.25, -0.2) is 0 Å². The average Bonchev–Trinajstić information content (AvgIpc) is 2.76. The molecule has 0 unspecified atom stereocenters. The van der Waals surface area contributed by atoms with E-state index in [0.717, 1.165) is 11.5 Å². The van der Waals surface area contributed by atoms with Crippen molar-refractivity contribution in [2.45, 2.75) is 83.1 Å². The molecule has 3 aliphatic rings. The molecule has 1 N–H and O–H groups in total. The molecular weight excluding hydrogens is 244 g/mol. The van der Waals surface area contributed by atoms with Crippen LogP contribution in [0.2, 0.25) is 0 Å². The minimum atomic E-state index is 0.795. The predicted octanol–water partition coefficient (Wildman–Crippen LogP) is 3.96. The summed E-state index contributed by atoms with van der Waals surface area (Å²) in [7, 11) is 0. The van der Waals surface area contributed by atoms with E-state index >= 15 is 0 Å². The van der Waals surface area contributed by atoms with Gasteiger partial charge in [0.05, 0.1) is 0 Å². The number of rotatable bonds is 4. The van der Waals surface area contributed by atoms with Crippen LogP contribution in [0.1, 0.15) is 77.0 Å². The summed E-state index contributed by atoms with van der Waals surface area (Å²) in [6, 6.07) is 0.827. The van der Waals surface area contributed by atoms with E-state index in [2.05, 4.69) is 10.2 Å². The quantitative estimate of drug-likeness (QED) is 0.837.